The first-order valence-corrected chi connectivity index (χ1v) is 11.7. The maximum Gasteiger partial charge on any atom is 0.336 e. The molecular formula is C29H24N2O7. The van der Waals surface area contributed by atoms with Crippen LogP contribution >= 0.6 is 0 Å². The molecule has 1 unspecified atom stereocenters. The van der Waals surface area contributed by atoms with Crippen molar-refractivity contribution in [2.45, 2.75) is 18.9 Å². The highest BCUT2D eigenvalue weighted by Crippen LogP contribution is 2.21. The highest BCUT2D eigenvalue weighted by Gasteiger charge is 2.24. The summed E-state index contributed by atoms with van der Waals surface area (Å²) in [5.74, 6) is -2.61. The number of carboxylic acid groups (broad SMARTS) is 1. The molecule has 1 aliphatic carbocycles. The topological polar surface area (TPSA) is 143 Å². The fourth-order valence-electron chi connectivity index (χ4n) is 4.13. The van der Waals surface area contributed by atoms with E-state index in [9.17, 15) is 29.4 Å². The number of aromatic hydroxyl groups is 1. The molecule has 0 fully saturated rings. The number of aromatic nitrogens is 1. The van der Waals surface area contributed by atoms with Gasteiger partial charge in [-0.2, -0.15) is 0 Å². The standard InChI is InChI=1S/C29H24N2O7/c1-38-29(37)26(14-17-5-9-21(33)10-6-17)31-27(34)25-15-23(28(35)36)22-11-7-19(8-12-24(22)30-25)20-4-2-3-18(13-20)16-32/h2-6,8-13,15-16,26,33H,7,14H2,1H3,(H,31,34)(H,35,36). The van der Waals surface area contributed by atoms with Crippen molar-refractivity contribution in [1.82, 2.24) is 10.3 Å². The van der Waals surface area contributed by atoms with Crippen LogP contribution in [0, 0.1) is 0 Å². The summed E-state index contributed by atoms with van der Waals surface area (Å²) in [4.78, 5) is 53.2. The number of fused-ring (bicyclic) bond motifs is 1. The van der Waals surface area contributed by atoms with E-state index in [1.54, 1.807) is 48.6 Å². The quantitative estimate of drug-likeness (QED) is 0.307. The number of hydrogen-bond donors (Lipinski definition) is 3. The first-order chi connectivity index (χ1) is 18.3. The number of phenols is 1. The van der Waals surface area contributed by atoms with Crippen LogP contribution in [0.15, 0.2) is 60.7 Å². The number of aldehydes is 1. The summed E-state index contributed by atoms with van der Waals surface area (Å²) in [6.45, 7) is 0. The minimum atomic E-state index is -1.23. The summed E-state index contributed by atoms with van der Waals surface area (Å²) >= 11 is 0. The Bertz CT molecular complexity index is 1570. The van der Waals surface area contributed by atoms with Gasteiger partial charge in [-0.3, -0.25) is 9.59 Å². The molecule has 0 spiro atoms. The zero-order valence-corrected chi connectivity index (χ0v) is 20.4. The molecule has 1 heterocycles. The lowest BCUT2D eigenvalue weighted by molar-refractivity contribution is -0.142. The molecule has 4 rings (SSSR count). The second kappa shape index (κ2) is 11.3. The normalized spacial score (nSPS) is 12.9. The number of nitrogens with zero attached hydrogens (tertiary/aromatic N) is 1. The molecule has 0 bridgehead atoms. The van der Waals surface area contributed by atoms with Crippen molar-refractivity contribution in [2.24, 2.45) is 0 Å². The van der Waals surface area contributed by atoms with Crippen LogP contribution in [0.5, 0.6) is 5.75 Å². The smallest absolute Gasteiger partial charge is 0.336 e. The molecule has 1 aromatic heterocycles. The van der Waals surface area contributed by atoms with Gasteiger partial charge in [0.2, 0.25) is 0 Å². The molecule has 0 radical (unpaired) electrons. The Morgan fingerprint density at radius 3 is 2.55 bits per heavy atom. The van der Waals surface area contributed by atoms with Crippen LogP contribution in [-0.4, -0.2) is 52.5 Å². The molecule has 192 valence electrons. The Balaban J connectivity index is 1.69. The van der Waals surface area contributed by atoms with Gasteiger partial charge in [-0.05, 0) is 53.5 Å². The Labute approximate surface area is 217 Å². The van der Waals surface area contributed by atoms with Gasteiger partial charge in [-0.25, -0.2) is 14.6 Å². The van der Waals surface area contributed by atoms with E-state index < -0.39 is 23.9 Å². The first-order valence-electron chi connectivity index (χ1n) is 11.7. The number of aromatic carboxylic acids is 1. The molecule has 1 atom stereocenters. The fourth-order valence-corrected chi connectivity index (χ4v) is 4.13. The van der Waals surface area contributed by atoms with E-state index in [1.807, 2.05) is 6.07 Å². The monoisotopic (exact) mass is 512 g/mol. The van der Waals surface area contributed by atoms with Crippen LogP contribution < -0.4 is 15.9 Å². The van der Waals surface area contributed by atoms with Crippen molar-refractivity contribution in [3.8, 4) is 5.75 Å². The predicted molar refractivity (Wildman–Crippen MR) is 139 cm³/mol. The average molecular weight is 513 g/mol. The number of carboxylic acids is 1. The molecular weight excluding hydrogens is 488 g/mol. The lowest BCUT2D eigenvalue weighted by Gasteiger charge is -2.16. The Morgan fingerprint density at radius 1 is 1.11 bits per heavy atom. The van der Waals surface area contributed by atoms with Gasteiger partial charge in [-0.1, -0.05) is 42.5 Å². The summed E-state index contributed by atoms with van der Waals surface area (Å²) in [6.07, 6.45) is 6.34. The molecule has 0 saturated carbocycles. The maximum atomic E-state index is 13.1. The molecule has 0 aliphatic heterocycles. The van der Waals surface area contributed by atoms with Crippen LogP contribution in [0.2, 0.25) is 0 Å². The number of carbonyl (C=O) groups is 4. The first kappa shape index (κ1) is 26.0. The molecule has 38 heavy (non-hydrogen) atoms. The molecule has 2 aromatic carbocycles. The summed E-state index contributed by atoms with van der Waals surface area (Å²) in [7, 11) is 1.20. The van der Waals surface area contributed by atoms with E-state index in [2.05, 4.69) is 10.3 Å². The molecule has 3 aromatic rings. The van der Waals surface area contributed by atoms with E-state index in [0.29, 0.717) is 22.8 Å². The average Bonchev–Trinajstić information content (AvgIpc) is 3.15. The zero-order chi connectivity index (χ0) is 27.2. The number of rotatable bonds is 8. The summed E-state index contributed by atoms with van der Waals surface area (Å²) in [5, 5.41) is 22.6. The zero-order valence-electron chi connectivity index (χ0n) is 20.4. The third kappa shape index (κ3) is 5.84. The number of pyridine rings is 1. The SMILES string of the molecule is COC(=O)C(Cc1ccc(O)cc1)NC(=O)c1cc(C(=O)O)c2c(n1)=CC=C(c1cccc(C=O)c1)CC=2. The van der Waals surface area contributed by atoms with Crippen molar-refractivity contribution in [2.75, 3.05) is 7.11 Å². The number of allylic oxidation sites excluding steroid dienone is 2. The van der Waals surface area contributed by atoms with E-state index >= 15 is 0 Å². The summed E-state index contributed by atoms with van der Waals surface area (Å²) in [6, 6.07) is 13.3. The molecule has 9 nitrogen and oxygen atoms in total. The highest BCUT2D eigenvalue weighted by molar-refractivity contribution is 5.98. The lowest BCUT2D eigenvalue weighted by Crippen LogP contribution is -2.44. The van der Waals surface area contributed by atoms with Crippen LogP contribution in [0.25, 0.3) is 17.7 Å². The fraction of sp³-hybridized carbons (Fsp3) is 0.138. The number of amides is 1. The molecule has 1 amide bonds. The van der Waals surface area contributed by atoms with Crippen LogP contribution in [-0.2, 0) is 16.0 Å². The van der Waals surface area contributed by atoms with Gasteiger partial charge in [0.15, 0.2) is 0 Å². The van der Waals surface area contributed by atoms with Gasteiger partial charge in [0.1, 0.15) is 23.8 Å². The van der Waals surface area contributed by atoms with E-state index in [1.165, 1.54) is 25.3 Å². The number of benzene rings is 2. The molecule has 3 N–H and O–H groups in total. The number of esters is 1. The van der Waals surface area contributed by atoms with Crippen molar-refractivity contribution in [3.63, 3.8) is 0 Å². The molecule has 0 saturated heterocycles. The number of carbonyl (C=O) groups excluding carboxylic acids is 3. The van der Waals surface area contributed by atoms with Crippen LogP contribution in [0.4, 0.5) is 0 Å². The van der Waals surface area contributed by atoms with Crippen molar-refractivity contribution < 1.29 is 34.1 Å². The Kier molecular flexibility index (Phi) is 7.77. The van der Waals surface area contributed by atoms with E-state index in [0.717, 1.165) is 17.4 Å². The van der Waals surface area contributed by atoms with Crippen LogP contribution in [0.1, 0.15) is 48.8 Å². The summed E-state index contributed by atoms with van der Waals surface area (Å²) in [5.41, 5.74) is 2.54. The number of methoxy groups -OCH3 is 1. The van der Waals surface area contributed by atoms with Gasteiger partial charge in [0, 0.05) is 17.2 Å². The van der Waals surface area contributed by atoms with Gasteiger partial charge >= 0.3 is 11.9 Å². The number of nitrogens with one attached hydrogen (secondary N) is 1. The summed E-state index contributed by atoms with van der Waals surface area (Å²) < 4.78 is 4.83. The maximum absolute atomic E-state index is 13.1. The van der Waals surface area contributed by atoms with E-state index in [4.69, 9.17) is 4.74 Å². The largest absolute Gasteiger partial charge is 0.508 e. The van der Waals surface area contributed by atoms with Crippen molar-refractivity contribution in [3.05, 3.63) is 99.2 Å². The highest BCUT2D eigenvalue weighted by atomic mass is 16.5. The van der Waals surface area contributed by atoms with Gasteiger partial charge in [-0.15, -0.1) is 0 Å². The number of ether oxygens (including phenoxy) is 1. The second-order valence-corrected chi connectivity index (χ2v) is 8.59. The van der Waals surface area contributed by atoms with Gasteiger partial charge < -0.3 is 20.3 Å². The second-order valence-electron chi connectivity index (χ2n) is 8.59. The van der Waals surface area contributed by atoms with Crippen molar-refractivity contribution in [1.29, 1.82) is 0 Å². The molecule has 1 aliphatic rings. The van der Waals surface area contributed by atoms with Crippen LogP contribution in [0.3, 0.4) is 0 Å². The van der Waals surface area contributed by atoms with Gasteiger partial charge in [0.25, 0.3) is 5.91 Å². The van der Waals surface area contributed by atoms with Gasteiger partial charge in [0.05, 0.1) is 18.0 Å². The number of phenolic OH excluding ortho intramolecular Hbond substituents is 1. The minimum absolute atomic E-state index is 0.0597. The van der Waals surface area contributed by atoms with Crippen molar-refractivity contribution >= 4 is 41.9 Å². The third-order valence-electron chi connectivity index (χ3n) is 6.08. The number of hydrogen-bond acceptors (Lipinski definition) is 7. The Hall–Kier alpha value is -5.05. The predicted octanol–water partition coefficient (Wildman–Crippen LogP) is 1.86. The van der Waals surface area contributed by atoms with E-state index in [-0.39, 0.29) is 28.8 Å². The molecule has 9 heteroatoms. The lowest BCUT2D eigenvalue weighted by atomic mass is 10.0. The third-order valence-corrected chi connectivity index (χ3v) is 6.08. The minimum Gasteiger partial charge on any atom is -0.508 e. The Morgan fingerprint density at radius 2 is 1.87 bits per heavy atom.